The Balaban J connectivity index is 1.18. The van der Waals surface area contributed by atoms with Gasteiger partial charge in [-0.25, -0.2) is 15.0 Å². The molecule has 1 aromatic carbocycles. The number of amides is 2. The van der Waals surface area contributed by atoms with Gasteiger partial charge in [0.1, 0.15) is 18.7 Å². The highest BCUT2D eigenvalue weighted by Gasteiger charge is 2.49. The maximum Gasteiger partial charge on any atom is 0.416 e. The van der Waals surface area contributed by atoms with Crippen molar-refractivity contribution in [2.75, 3.05) is 49.6 Å². The average Bonchev–Trinajstić information content (AvgIpc) is 3.75. The fraction of sp³-hybridized carbons (Fsp3) is 0.421. The van der Waals surface area contributed by atoms with E-state index in [9.17, 15) is 32.7 Å². The number of aromatic hydroxyl groups is 1. The first kappa shape index (κ1) is 38.3. The number of anilines is 2. The van der Waals surface area contributed by atoms with E-state index in [1.54, 1.807) is 16.4 Å². The summed E-state index contributed by atoms with van der Waals surface area (Å²) in [6.07, 6.45) is -2.05. The monoisotopic (exact) mass is 806 g/mol. The number of hydrogen-bond acceptors (Lipinski definition) is 11. The maximum atomic E-state index is 14.7. The lowest BCUT2D eigenvalue weighted by Gasteiger charge is -2.39. The van der Waals surface area contributed by atoms with E-state index >= 15 is 0 Å². The van der Waals surface area contributed by atoms with Crippen LogP contribution in [0.3, 0.4) is 0 Å². The number of carbonyl (C=O) groups excluding carboxylic acids is 2. The summed E-state index contributed by atoms with van der Waals surface area (Å²) >= 11 is 6.20. The Kier molecular flexibility index (Phi) is 9.66. The number of halogens is 4. The van der Waals surface area contributed by atoms with E-state index in [0.717, 1.165) is 24.0 Å². The molecule has 19 heteroatoms. The van der Waals surface area contributed by atoms with Gasteiger partial charge in [0, 0.05) is 48.4 Å². The number of aromatic nitrogens is 7. The number of carbonyl (C=O) groups is 2. The molecule has 2 fully saturated rings. The van der Waals surface area contributed by atoms with Gasteiger partial charge in [-0.3, -0.25) is 14.4 Å². The standard InChI is InChI=1S/C38H38ClF3N10O5/c1-20-17-37(8-10-50(11-9-37)35(56)30-32(54)22(3)43-19-44-30)29-31(20)51(18-28(53)46-26-6-4-23(16-25(26)39)38(40,41)42)36-47-33(48-52(36)34(29)55)24-5-7-27(45-21(24)2)49-12-14-57-15-13-49/h4-7,16,19-20,54H,8-15,17-18H2,1-3H3,(H,46,53)/t20-/m1/s1. The normalized spacial score (nSPS) is 18.0. The Labute approximate surface area is 328 Å². The molecule has 1 atom stereocenters. The number of pyridine rings is 1. The number of benzene rings is 1. The summed E-state index contributed by atoms with van der Waals surface area (Å²) in [6.45, 7) is 8.08. The molecule has 6 heterocycles. The number of morpholine rings is 1. The molecule has 0 unspecified atom stereocenters. The van der Waals surface area contributed by atoms with Crippen molar-refractivity contribution < 1.29 is 32.6 Å². The summed E-state index contributed by atoms with van der Waals surface area (Å²) in [6, 6.07) is 6.38. The fourth-order valence-corrected chi connectivity index (χ4v) is 8.61. The molecule has 2 aliphatic heterocycles. The lowest BCUT2D eigenvalue weighted by atomic mass is 9.73. The molecule has 298 valence electrons. The summed E-state index contributed by atoms with van der Waals surface area (Å²) in [5, 5.41) is 17.5. The molecule has 0 radical (unpaired) electrons. The van der Waals surface area contributed by atoms with Crippen LogP contribution in [-0.4, -0.2) is 95.3 Å². The van der Waals surface area contributed by atoms with Gasteiger partial charge in [0.2, 0.25) is 11.7 Å². The van der Waals surface area contributed by atoms with Crippen LogP contribution >= 0.6 is 11.6 Å². The van der Waals surface area contributed by atoms with Gasteiger partial charge in [0.15, 0.2) is 17.3 Å². The van der Waals surface area contributed by atoms with Crippen molar-refractivity contribution in [2.24, 2.45) is 0 Å². The van der Waals surface area contributed by atoms with E-state index < -0.39 is 34.5 Å². The molecular weight excluding hydrogens is 769 g/mol. The molecule has 1 aliphatic carbocycles. The van der Waals surface area contributed by atoms with E-state index in [4.69, 9.17) is 31.4 Å². The Morgan fingerprint density at radius 3 is 2.46 bits per heavy atom. The van der Waals surface area contributed by atoms with Crippen LogP contribution in [0.2, 0.25) is 5.02 Å². The Morgan fingerprint density at radius 2 is 1.77 bits per heavy atom. The lowest BCUT2D eigenvalue weighted by molar-refractivity contribution is -0.137. The van der Waals surface area contributed by atoms with E-state index in [1.807, 2.05) is 26.0 Å². The van der Waals surface area contributed by atoms with E-state index in [1.165, 1.54) is 10.8 Å². The SMILES string of the molecule is Cc1nc(N2CCOCC2)ccc1-c1nc2n(CC(=O)Nc3ccc(C(F)(F)F)cc3Cl)c3c(c(=O)n2n1)C1(CCN(C(=O)c2ncnc(C)c2O)CC1)C[C@H]3C. The van der Waals surface area contributed by atoms with Crippen LogP contribution in [0.4, 0.5) is 24.7 Å². The zero-order valence-electron chi connectivity index (χ0n) is 31.2. The van der Waals surface area contributed by atoms with Gasteiger partial charge in [-0.05, 0) is 69.4 Å². The van der Waals surface area contributed by atoms with Crippen LogP contribution in [0.5, 0.6) is 5.75 Å². The van der Waals surface area contributed by atoms with Gasteiger partial charge < -0.3 is 29.5 Å². The van der Waals surface area contributed by atoms with Gasteiger partial charge in [0.25, 0.3) is 11.5 Å². The van der Waals surface area contributed by atoms with E-state index in [0.29, 0.717) is 68.1 Å². The zero-order valence-corrected chi connectivity index (χ0v) is 32.0. The summed E-state index contributed by atoms with van der Waals surface area (Å²) in [4.78, 5) is 63.3. The van der Waals surface area contributed by atoms with Crippen LogP contribution in [0.1, 0.15) is 70.8 Å². The third kappa shape index (κ3) is 6.83. The van der Waals surface area contributed by atoms with Crippen molar-refractivity contribution in [3.63, 3.8) is 0 Å². The van der Waals surface area contributed by atoms with Crippen molar-refractivity contribution in [3.8, 4) is 17.1 Å². The van der Waals surface area contributed by atoms with Crippen LogP contribution in [-0.2, 0) is 27.7 Å². The minimum absolute atomic E-state index is 0.0148. The van der Waals surface area contributed by atoms with Crippen LogP contribution in [0.25, 0.3) is 17.2 Å². The van der Waals surface area contributed by atoms with Crippen LogP contribution in [0, 0.1) is 13.8 Å². The second kappa shape index (κ2) is 14.4. The largest absolute Gasteiger partial charge is 0.504 e. The first-order chi connectivity index (χ1) is 27.1. The van der Waals surface area contributed by atoms with Crippen LogP contribution in [0.15, 0.2) is 41.5 Å². The number of nitrogens with zero attached hydrogens (tertiary/aromatic N) is 9. The molecule has 3 aliphatic rings. The number of piperidine rings is 1. The highest BCUT2D eigenvalue weighted by molar-refractivity contribution is 6.33. The van der Waals surface area contributed by atoms with Gasteiger partial charge >= 0.3 is 6.18 Å². The number of fused-ring (bicyclic) bond motifs is 3. The highest BCUT2D eigenvalue weighted by Crippen LogP contribution is 2.50. The van der Waals surface area contributed by atoms with E-state index in [-0.39, 0.29) is 65.0 Å². The first-order valence-electron chi connectivity index (χ1n) is 18.5. The van der Waals surface area contributed by atoms with Crippen molar-refractivity contribution >= 4 is 40.7 Å². The van der Waals surface area contributed by atoms with Crippen molar-refractivity contribution in [2.45, 2.75) is 64.1 Å². The van der Waals surface area contributed by atoms with E-state index in [2.05, 4.69) is 20.2 Å². The highest BCUT2D eigenvalue weighted by atomic mass is 35.5. The fourth-order valence-electron chi connectivity index (χ4n) is 8.38. The van der Waals surface area contributed by atoms with Crippen molar-refractivity contribution in [1.29, 1.82) is 0 Å². The summed E-state index contributed by atoms with van der Waals surface area (Å²) < 4.78 is 48.3. The molecule has 2 saturated heterocycles. The minimum atomic E-state index is -4.62. The van der Waals surface area contributed by atoms with Gasteiger partial charge in [-0.15, -0.1) is 5.10 Å². The summed E-state index contributed by atoms with van der Waals surface area (Å²) in [7, 11) is 0. The predicted molar refractivity (Wildman–Crippen MR) is 202 cm³/mol. The molecule has 5 aromatic rings. The number of nitrogens with one attached hydrogen (secondary N) is 1. The molecular formula is C38H38ClF3N10O5. The average molecular weight is 807 g/mol. The first-order valence-corrected chi connectivity index (χ1v) is 18.8. The van der Waals surface area contributed by atoms with Crippen LogP contribution < -0.4 is 15.8 Å². The lowest BCUT2D eigenvalue weighted by Crippen LogP contribution is -2.46. The summed E-state index contributed by atoms with van der Waals surface area (Å²) in [5.74, 6) is -0.503. The quantitative estimate of drug-likeness (QED) is 0.239. The molecule has 4 aromatic heterocycles. The number of likely N-dealkylation sites (tertiary alicyclic amines) is 1. The second-order valence-corrected chi connectivity index (χ2v) is 15.2. The van der Waals surface area contributed by atoms with Gasteiger partial charge in [-0.2, -0.15) is 22.7 Å². The van der Waals surface area contributed by atoms with Gasteiger partial charge in [0.05, 0.1) is 40.9 Å². The topological polar surface area (TPSA) is 173 Å². The number of aryl methyl sites for hydroxylation is 2. The Hall–Kier alpha value is -5.62. The Morgan fingerprint density at radius 1 is 1.04 bits per heavy atom. The molecule has 2 N–H and O–H groups in total. The third-order valence-corrected chi connectivity index (χ3v) is 11.5. The summed E-state index contributed by atoms with van der Waals surface area (Å²) in [5.41, 5.74) is 0.373. The number of alkyl halides is 3. The number of ether oxygens (including phenoxy) is 1. The minimum Gasteiger partial charge on any atom is -0.504 e. The molecule has 8 rings (SSSR count). The second-order valence-electron chi connectivity index (χ2n) is 14.8. The van der Waals surface area contributed by atoms with Crippen molar-refractivity contribution in [1.82, 2.24) is 39.0 Å². The maximum absolute atomic E-state index is 14.7. The number of hydrogen-bond donors (Lipinski definition) is 2. The molecule has 15 nitrogen and oxygen atoms in total. The smallest absolute Gasteiger partial charge is 0.416 e. The van der Waals surface area contributed by atoms with Gasteiger partial charge in [-0.1, -0.05) is 18.5 Å². The molecule has 0 saturated carbocycles. The Bertz CT molecular complexity index is 2490. The predicted octanol–water partition coefficient (Wildman–Crippen LogP) is 4.89. The third-order valence-electron chi connectivity index (χ3n) is 11.2. The molecule has 0 bridgehead atoms. The molecule has 57 heavy (non-hydrogen) atoms. The van der Waals surface area contributed by atoms with Crippen molar-refractivity contribution in [3.05, 3.63) is 85.9 Å². The number of rotatable bonds is 6. The molecule has 2 amide bonds. The molecule has 1 spiro atoms. The zero-order chi connectivity index (χ0) is 40.4.